The van der Waals surface area contributed by atoms with Crippen LogP contribution < -0.4 is 10.2 Å². The van der Waals surface area contributed by atoms with Gasteiger partial charge in [-0.3, -0.25) is 9.98 Å². The fourth-order valence-corrected chi connectivity index (χ4v) is 3.85. The van der Waals surface area contributed by atoms with Crippen LogP contribution in [0.3, 0.4) is 0 Å². The molecule has 2 atom stereocenters. The Morgan fingerprint density at radius 1 is 0.646 bits per heavy atom. The molecule has 0 spiro atoms. The summed E-state index contributed by atoms with van der Waals surface area (Å²) in [6, 6.07) is -1.46. The second-order valence-corrected chi connectivity index (χ2v) is 9.57. The largest absolute Gasteiger partial charge is 2.00 e. The van der Waals surface area contributed by atoms with Crippen molar-refractivity contribution in [3.8, 4) is 11.5 Å². The molecule has 2 unspecified atom stereocenters. The molecule has 1 aliphatic rings. The Hall–Kier alpha value is -4.01. The summed E-state index contributed by atoms with van der Waals surface area (Å²) in [5, 5.41) is 37.5. The Kier molecular flexibility index (Phi) is 15.5. The Bertz CT molecular complexity index is 1370. The number of aromatic hydroxyl groups is 2. The number of carbonyl (C=O) groups excluding carboxylic acids is 2. The molecule has 0 bridgehead atoms. The molecule has 1 fully saturated rings. The van der Waals surface area contributed by atoms with Crippen molar-refractivity contribution in [3.05, 3.63) is 57.6 Å². The number of carboxylic acids is 2. The zero-order valence-electron chi connectivity index (χ0n) is 24.0. The van der Waals surface area contributed by atoms with Crippen LogP contribution in [-0.4, -0.2) is 46.7 Å². The van der Waals surface area contributed by atoms with Crippen LogP contribution in [0.25, 0.3) is 0 Å². The van der Waals surface area contributed by atoms with Crippen LogP contribution in [0.2, 0.25) is 0 Å². The van der Waals surface area contributed by atoms with Gasteiger partial charge in [-0.05, 0) is 57.4 Å². The third kappa shape index (κ3) is 14.0. The molecule has 2 aromatic rings. The Morgan fingerprint density at radius 3 is 1.15 bits per heavy atom. The van der Waals surface area contributed by atoms with Gasteiger partial charge in [-0.15, -0.1) is 0 Å². The number of carbonyl (C=O) groups is 2. The number of hydrogen-bond acceptors (Lipinski definition) is 8. The van der Waals surface area contributed by atoms with Crippen LogP contribution in [0.5, 0.6) is 11.5 Å². The molecule has 0 saturated heterocycles. The van der Waals surface area contributed by atoms with Crippen molar-refractivity contribution in [1.29, 1.82) is 0 Å². The molecule has 2 aromatic carbocycles. The summed E-state index contributed by atoms with van der Waals surface area (Å²) in [5.74, 6) is -5.13. The third-order valence-corrected chi connectivity index (χ3v) is 5.77. The Balaban J connectivity index is 0.00000221. The number of alkyl halides is 12. The van der Waals surface area contributed by atoms with Gasteiger partial charge in [0.05, 0.1) is 34.3 Å². The van der Waals surface area contributed by atoms with Crippen molar-refractivity contribution in [2.45, 2.75) is 69.9 Å². The average Bonchev–Trinajstić information content (AvgIpc) is 3.31. The minimum absolute atomic E-state index is 0. The molecule has 8 nitrogen and oxygen atoms in total. The maximum Gasteiger partial charge on any atom is 2.00 e. The second-order valence-electron chi connectivity index (χ2n) is 9.57. The number of phenols is 2. The number of phenolic OH excluding ortho intramolecular Hbond substituents is 2. The first kappa shape index (κ1) is 44.0. The summed E-state index contributed by atoms with van der Waals surface area (Å²) in [6.45, 7) is 1.94. The molecular weight excluding hydrogens is 735 g/mol. The molecule has 0 aromatic heterocycles. The molecule has 48 heavy (non-hydrogen) atoms. The van der Waals surface area contributed by atoms with Gasteiger partial charge in [0.25, 0.3) is 0 Å². The topological polar surface area (TPSA) is 145 Å². The molecule has 0 aliphatic heterocycles. The summed E-state index contributed by atoms with van der Waals surface area (Å²) in [7, 11) is 0. The fourth-order valence-electron chi connectivity index (χ4n) is 3.85. The molecule has 0 heterocycles. The van der Waals surface area contributed by atoms with Gasteiger partial charge in [0.1, 0.15) is 11.5 Å². The van der Waals surface area contributed by atoms with E-state index < -0.39 is 93.6 Å². The van der Waals surface area contributed by atoms with Gasteiger partial charge in [-0.1, -0.05) is 0 Å². The minimum atomic E-state index is -5.30. The van der Waals surface area contributed by atoms with E-state index in [1.54, 1.807) is 0 Å². The number of halogens is 12. The maximum atomic E-state index is 13.1. The summed E-state index contributed by atoms with van der Waals surface area (Å²) < 4.78 is 157. The van der Waals surface area contributed by atoms with E-state index in [9.17, 15) is 62.9 Å². The molecule has 269 valence electrons. The van der Waals surface area contributed by atoms with Crippen LogP contribution in [0.1, 0.15) is 66.5 Å². The zero-order chi connectivity index (χ0) is 36.7. The van der Waals surface area contributed by atoms with Crippen LogP contribution in [0.4, 0.5) is 52.7 Å². The summed E-state index contributed by atoms with van der Waals surface area (Å²) in [4.78, 5) is 25.5. The number of aliphatic imine (C=N–C) groups is 2. The predicted octanol–water partition coefficient (Wildman–Crippen LogP) is 5.14. The van der Waals surface area contributed by atoms with Crippen LogP contribution in [0, 0.1) is 0 Å². The monoisotopic (exact) mass is 757 g/mol. The van der Waals surface area contributed by atoms with Crippen molar-refractivity contribution in [2.75, 3.05) is 0 Å². The van der Waals surface area contributed by atoms with Gasteiger partial charge in [-0.25, -0.2) is 0 Å². The smallest absolute Gasteiger partial charge is 0.550 e. The average molecular weight is 757 g/mol. The Morgan fingerprint density at radius 2 is 0.917 bits per heavy atom. The first-order valence-corrected chi connectivity index (χ1v) is 12.6. The van der Waals surface area contributed by atoms with Crippen molar-refractivity contribution in [3.63, 3.8) is 0 Å². The normalized spacial score (nSPS) is 16.9. The van der Waals surface area contributed by atoms with E-state index in [1.165, 1.54) is 0 Å². The molecule has 3 rings (SSSR count). The first-order valence-electron chi connectivity index (χ1n) is 12.6. The van der Waals surface area contributed by atoms with E-state index in [0.29, 0.717) is 12.4 Å². The SMILES string of the molecule is CC(=O)[O-].CC(=O)[O-].Oc1c(C=NC2CCC(N=Cc3cc(C(F)(F)F)cc(C(F)(F)F)c3O)C2)cc(C(F)(F)F)cc1C(F)(F)F.[Co+2]. The third-order valence-electron chi connectivity index (χ3n) is 5.77. The van der Waals surface area contributed by atoms with Crippen LogP contribution in [-0.2, 0) is 51.1 Å². The minimum Gasteiger partial charge on any atom is -0.550 e. The number of hydrogen-bond donors (Lipinski definition) is 2. The van der Waals surface area contributed by atoms with Gasteiger partial charge < -0.3 is 30.0 Å². The quantitative estimate of drug-likeness (QED) is 0.327. The molecular formula is C27H22CoF12N2O6. The Labute approximate surface area is 273 Å². The van der Waals surface area contributed by atoms with Gasteiger partial charge in [0, 0.05) is 35.5 Å². The maximum absolute atomic E-state index is 13.1. The predicted molar refractivity (Wildman–Crippen MR) is 134 cm³/mol. The molecule has 1 saturated carbocycles. The van der Waals surface area contributed by atoms with Crippen LogP contribution in [0.15, 0.2) is 34.3 Å². The van der Waals surface area contributed by atoms with Crippen molar-refractivity contribution in [1.82, 2.24) is 0 Å². The van der Waals surface area contributed by atoms with Gasteiger partial charge >= 0.3 is 41.5 Å². The zero-order valence-corrected chi connectivity index (χ0v) is 25.1. The van der Waals surface area contributed by atoms with E-state index in [2.05, 4.69) is 9.98 Å². The summed E-state index contributed by atoms with van der Waals surface area (Å²) in [6.07, 6.45) is -19.4. The number of nitrogens with zero attached hydrogens (tertiary/aromatic N) is 2. The fraction of sp³-hybridized carbons (Fsp3) is 0.407. The van der Waals surface area contributed by atoms with E-state index >= 15 is 0 Å². The standard InChI is InChI=1S/C23H16F12N2O2.2C2H4O2.Co/c24-20(25,26)12-3-10(18(38)16(5-12)22(30,31)32)8-36-14-1-2-15(7-14)37-9-11-4-13(21(27,28)29)6-17(19(11)39)23(33,34)35;2*1-2(3)4;/h3-6,8-9,14-15,38-39H,1-2,7H2;2*1H3,(H,3,4);/q;;;+2/p-2. The molecule has 2 N–H and O–H groups in total. The van der Waals surface area contributed by atoms with E-state index in [4.69, 9.17) is 19.8 Å². The van der Waals surface area contributed by atoms with E-state index in [-0.39, 0.29) is 60.3 Å². The number of carboxylic acid groups (broad SMARTS) is 2. The first-order chi connectivity index (χ1) is 21.1. The van der Waals surface area contributed by atoms with Crippen molar-refractivity contribution >= 4 is 24.4 Å². The van der Waals surface area contributed by atoms with Crippen LogP contribution >= 0.6 is 0 Å². The number of rotatable bonds is 4. The molecule has 21 heteroatoms. The van der Waals surface area contributed by atoms with Gasteiger partial charge in [0.15, 0.2) is 0 Å². The molecule has 0 amide bonds. The number of aliphatic carboxylic acids is 2. The van der Waals surface area contributed by atoms with E-state index in [1.807, 2.05) is 0 Å². The molecule has 1 radical (unpaired) electrons. The summed E-state index contributed by atoms with van der Waals surface area (Å²) >= 11 is 0. The van der Waals surface area contributed by atoms with Gasteiger partial charge in [0.2, 0.25) is 0 Å². The number of benzene rings is 2. The second kappa shape index (κ2) is 16.9. The van der Waals surface area contributed by atoms with Crippen molar-refractivity contribution in [2.24, 2.45) is 9.98 Å². The van der Waals surface area contributed by atoms with Gasteiger partial charge in [-0.2, -0.15) is 52.7 Å². The summed E-state index contributed by atoms with van der Waals surface area (Å²) in [5.41, 5.74) is -8.93. The molecule has 1 aliphatic carbocycles. The van der Waals surface area contributed by atoms with Crippen molar-refractivity contribution < 1.29 is 99.5 Å². The van der Waals surface area contributed by atoms with E-state index in [0.717, 1.165) is 13.8 Å².